The Labute approximate surface area is 113 Å². The average molecular weight is 263 g/mol. The quantitative estimate of drug-likeness (QED) is 0.725. The number of thiocarbonyl (C=S) groups is 1. The number of nitrogens with zero attached hydrogens (tertiary/aromatic N) is 1. The largest absolute Gasteiger partial charge is 0.493 e. The molecule has 18 heavy (non-hydrogen) atoms. The minimum absolute atomic E-state index is 0.127. The number of rotatable bonds is 1. The Hall–Kier alpha value is -1.13. The second kappa shape index (κ2) is 4.86. The average Bonchev–Trinajstić information content (AvgIpc) is 2.86. The van der Waals surface area contributed by atoms with E-state index < -0.39 is 0 Å². The molecule has 3 nitrogen and oxygen atoms in total. The van der Waals surface area contributed by atoms with Gasteiger partial charge in [0.25, 0.3) is 0 Å². The van der Waals surface area contributed by atoms with Crippen molar-refractivity contribution in [3.63, 3.8) is 0 Å². The highest BCUT2D eigenvalue weighted by Gasteiger charge is 2.23. The van der Waals surface area contributed by atoms with Gasteiger partial charge in [0.05, 0.1) is 18.2 Å². The van der Waals surface area contributed by atoms with Gasteiger partial charge >= 0.3 is 0 Å². The number of ether oxygens (including phenoxy) is 2. The molecule has 2 aliphatic heterocycles. The standard InChI is InChI=1S/C14H17NO2S/c1-10(18)15-5-7-17-14(9-15)11-2-3-13-12(8-11)4-6-16-13/h2-3,8,14H,4-7,9H2,1H3. The van der Waals surface area contributed by atoms with E-state index in [1.54, 1.807) is 0 Å². The van der Waals surface area contributed by atoms with Crippen LogP contribution in [0.5, 0.6) is 5.75 Å². The predicted octanol–water partition coefficient (Wildman–Crippen LogP) is 2.34. The Morgan fingerprint density at radius 2 is 2.28 bits per heavy atom. The molecule has 0 amide bonds. The summed E-state index contributed by atoms with van der Waals surface area (Å²) in [5, 5.41) is 0. The highest BCUT2D eigenvalue weighted by atomic mass is 32.1. The van der Waals surface area contributed by atoms with Crippen LogP contribution >= 0.6 is 12.2 Å². The van der Waals surface area contributed by atoms with E-state index in [0.717, 1.165) is 43.5 Å². The van der Waals surface area contributed by atoms with Crippen LogP contribution < -0.4 is 4.74 Å². The van der Waals surface area contributed by atoms with Crippen molar-refractivity contribution >= 4 is 17.2 Å². The van der Waals surface area contributed by atoms with Gasteiger partial charge in [0.2, 0.25) is 0 Å². The van der Waals surface area contributed by atoms with Crippen molar-refractivity contribution in [3.05, 3.63) is 29.3 Å². The third-order valence-electron chi connectivity index (χ3n) is 3.60. The lowest BCUT2D eigenvalue weighted by molar-refractivity contribution is -0.00631. The molecule has 1 saturated heterocycles. The van der Waals surface area contributed by atoms with Crippen LogP contribution in [0.15, 0.2) is 18.2 Å². The van der Waals surface area contributed by atoms with Crippen molar-refractivity contribution in [2.45, 2.75) is 19.4 Å². The van der Waals surface area contributed by atoms with Crippen molar-refractivity contribution < 1.29 is 9.47 Å². The minimum atomic E-state index is 0.127. The molecule has 0 N–H and O–H groups in total. The zero-order valence-corrected chi connectivity index (χ0v) is 11.3. The molecule has 4 heteroatoms. The summed E-state index contributed by atoms with van der Waals surface area (Å²) >= 11 is 5.25. The summed E-state index contributed by atoms with van der Waals surface area (Å²) in [6.45, 7) is 5.28. The van der Waals surface area contributed by atoms with Gasteiger partial charge in [-0.3, -0.25) is 0 Å². The fraction of sp³-hybridized carbons (Fsp3) is 0.500. The topological polar surface area (TPSA) is 21.7 Å². The Morgan fingerprint density at radius 3 is 3.11 bits per heavy atom. The SMILES string of the molecule is CC(=S)N1CCOC(c2ccc3c(c2)CCO3)C1. The van der Waals surface area contributed by atoms with Gasteiger partial charge in [-0.1, -0.05) is 18.3 Å². The molecule has 3 rings (SSSR count). The zero-order chi connectivity index (χ0) is 12.5. The summed E-state index contributed by atoms with van der Waals surface area (Å²) in [7, 11) is 0. The Kier molecular flexibility index (Phi) is 3.22. The second-order valence-corrected chi connectivity index (χ2v) is 5.38. The molecule has 0 spiro atoms. The van der Waals surface area contributed by atoms with Gasteiger partial charge in [0.15, 0.2) is 0 Å². The minimum Gasteiger partial charge on any atom is -0.493 e. The molecule has 0 aliphatic carbocycles. The van der Waals surface area contributed by atoms with Crippen molar-refractivity contribution in [1.29, 1.82) is 0 Å². The molecule has 1 aromatic carbocycles. The maximum absolute atomic E-state index is 5.86. The van der Waals surface area contributed by atoms with Gasteiger partial charge in [-0.15, -0.1) is 0 Å². The molecule has 2 heterocycles. The van der Waals surface area contributed by atoms with Crippen molar-refractivity contribution in [2.75, 3.05) is 26.3 Å². The molecular weight excluding hydrogens is 246 g/mol. The van der Waals surface area contributed by atoms with Crippen molar-refractivity contribution in [2.24, 2.45) is 0 Å². The first-order valence-corrected chi connectivity index (χ1v) is 6.77. The van der Waals surface area contributed by atoms with Gasteiger partial charge in [0.1, 0.15) is 11.9 Å². The summed E-state index contributed by atoms with van der Waals surface area (Å²) in [6, 6.07) is 6.39. The fourth-order valence-corrected chi connectivity index (χ4v) is 2.71. The number of benzene rings is 1. The first-order chi connectivity index (χ1) is 8.74. The van der Waals surface area contributed by atoms with E-state index in [1.165, 1.54) is 11.1 Å². The molecule has 2 aliphatic rings. The molecule has 0 saturated carbocycles. The van der Waals surface area contributed by atoms with Gasteiger partial charge in [0, 0.05) is 19.5 Å². The van der Waals surface area contributed by atoms with Gasteiger partial charge in [-0.25, -0.2) is 0 Å². The van der Waals surface area contributed by atoms with Gasteiger partial charge < -0.3 is 14.4 Å². The Bertz CT molecular complexity index is 475. The number of hydrogen-bond acceptors (Lipinski definition) is 3. The maximum Gasteiger partial charge on any atom is 0.122 e. The van der Waals surface area contributed by atoms with E-state index in [1.807, 2.05) is 6.92 Å². The summed E-state index contributed by atoms with van der Waals surface area (Å²) < 4.78 is 11.4. The van der Waals surface area contributed by atoms with Crippen LogP contribution in [-0.4, -0.2) is 36.2 Å². The van der Waals surface area contributed by atoms with Crippen LogP contribution in [-0.2, 0) is 11.2 Å². The summed E-state index contributed by atoms with van der Waals surface area (Å²) in [5.41, 5.74) is 2.53. The van der Waals surface area contributed by atoms with Crippen molar-refractivity contribution in [3.8, 4) is 5.75 Å². The predicted molar refractivity (Wildman–Crippen MR) is 74.2 cm³/mol. The summed E-state index contributed by atoms with van der Waals surface area (Å²) in [4.78, 5) is 3.17. The molecule has 0 bridgehead atoms. The van der Waals surface area contributed by atoms with E-state index >= 15 is 0 Å². The normalized spacial score (nSPS) is 22.5. The van der Waals surface area contributed by atoms with E-state index in [2.05, 4.69) is 23.1 Å². The van der Waals surface area contributed by atoms with Gasteiger partial charge in [-0.05, 0) is 30.2 Å². The maximum atomic E-state index is 5.86. The van der Waals surface area contributed by atoms with E-state index in [9.17, 15) is 0 Å². The van der Waals surface area contributed by atoms with E-state index in [4.69, 9.17) is 21.7 Å². The van der Waals surface area contributed by atoms with Crippen molar-refractivity contribution in [1.82, 2.24) is 4.90 Å². The molecule has 0 radical (unpaired) electrons. The highest BCUT2D eigenvalue weighted by Crippen LogP contribution is 2.30. The second-order valence-electron chi connectivity index (χ2n) is 4.79. The van der Waals surface area contributed by atoms with Crippen LogP contribution in [0.3, 0.4) is 0 Å². The molecule has 1 atom stereocenters. The first kappa shape index (κ1) is 11.9. The van der Waals surface area contributed by atoms with Crippen LogP contribution in [0.25, 0.3) is 0 Å². The zero-order valence-electron chi connectivity index (χ0n) is 10.5. The third-order valence-corrected chi connectivity index (χ3v) is 3.86. The van der Waals surface area contributed by atoms with Crippen LogP contribution in [0.4, 0.5) is 0 Å². The molecule has 1 unspecified atom stereocenters. The number of hydrogen-bond donors (Lipinski definition) is 0. The smallest absolute Gasteiger partial charge is 0.122 e. The first-order valence-electron chi connectivity index (χ1n) is 6.37. The number of fused-ring (bicyclic) bond motifs is 1. The summed E-state index contributed by atoms with van der Waals surface area (Å²) in [5.74, 6) is 1.03. The van der Waals surface area contributed by atoms with Crippen LogP contribution in [0.2, 0.25) is 0 Å². The lowest BCUT2D eigenvalue weighted by atomic mass is 10.0. The van der Waals surface area contributed by atoms with E-state index in [-0.39, 0.29) is 6.10 Å². The molecule has 1 fully saturated rings. The number of morpholine rings is 1. The van der Waals surface area contributed by atoms with Crippen LogP contribution in [0.1, 0.15) is 24.2 Å². The van der Waals surface area contributed by atoms with E-state index in [0.29, 0.717) is 0 Å². The lowest BCUT2D eigenvalue weighted by Gasteiger charge is -2.34. The summed E-state index contributed by atoms with van der Waals surface area (Å²) in [6.07, 6.45) is 1.13. The monoisotopic (exact) mass is 263 g/mol. The molecule has 96 valence electrons. The molecular formula is C14H17NO2S. The molecule has 0 aromatic heterocycles. The highest BCUT2D eigenvalue weighted by molar-refractivity contribution is 7.80. The van der Waals surface area contributed by atoms with Crippen LogP contribution in [0, 0.1) is 0 Å². The third kappa shape index (κ3) is 2.22. The Morgan fingerprint density at radius 1 is 1.39 bits per heavy atom. The lowest BCUT2D eigenvalue weighted by Crippen LogP contribution is -2.40. The Balaban J connectivity index is 1.80. The fourth-order valence-electron chi connectivity index (χ4n) is 2.54. The van der Waals surface area contributed by atoms with Gasteiger partial charge in [-0.2, -0.15) is 0 Å². The molecule has 1 aromatic rings.